The van der Waals surface area contributed by atoms with Crippen LogP contribution in [0.5, 0.6) is 0 Å². The number of halogens is 1. The minimum absolute atomic E-state index is 0.254. The zero-order valence-corrected chi connectivity index (χ0v) is 18.5. The molecule has 0 bridgehead atoms. The van der Waals surface area contributed by atoms with Crippen molar-refractivity contribution in [3.8, 4) is 11.4 Å². The van der Waals surface area contributed by atoms with Crippen LogP contribution in [0.3, 0.4) is 0 Å². The van der Waals surface area contributed by atoms with Gasteiger partial charge in [0.05, 0.1) is 7.05 Å². The normalized spacial score (nSPS) is 15.4. The molecule has 0 radical (unpaired) electrons. The van der Waals surface area contributed by atoms with E-state index in [-0.39, 0.29) is 5.82 Å². The van der Waals surface area contributed by atoms with Gasteiger partial charge in [0.15, 0.2) is 12.5 Å². The number of quaternary nitrogens is 1. The molecule has 1 unspecified atom stereocenters. The average Bonchev–Trinajstić information content (AvgIpc) is 3.04. The van der Waals surface area contributed by atoms with Gasteiger partial charge in [0, 0.05) is 37.0 Å². The Morgan fingerprint density at radius 1 is 1.03 bits per heavy atom. The second-order valence-electron chi connectivity index (χ2n) is 8.14. The highest BCUT2D eigenvalue weighted by atomic mass is 32.1. The smallest absolute Gasteiger partial charge is 0.202 e. The van der Waals surface area contributed by atoms with Gasteiger partial charge in [0.25, 0.3) is 0 Å². The number of para-hydroxylation sites is 1. The summed E-state index contributed by atoms with van der Waals surface area (Å²) in [6, 6.07) is 15.1. The predicted octanol–water partition coefficient (Wildman–Crippen LogP) is 3.42. The Kier molecular flexibility index (Phi) is 6.29. The van der Waals surface area contributed by atoms with E-state index in [4.69, 9.17) is 17.3 Å². The van der Waals surface area contributed by atoms with Crippen LogP contribution in [-0.4, -0.2) is 34.5 Å². The minimum atomic E-state index is -0.254. The Labute approximate surface area is 182 Å². The number of benzene rings is 2. The van der Waals surface area contributed by atoms with Gasteiger partial charge >= 0.3 is 0 Å². The number of aromatic nitrogens is 3. The molecule has 0 aliphatic carbocycles. The molecule has 1 aromatic heterocycles. The second-order valence-corrected chi connectivity index (χ2v) is 8.51. The molecule has 4 rings (SSSR count). The molecule has 0 saturated carbocycles. The Balaban J connectivity index is 1.51. The standard InChI is InChI=1S/C23H28FN5S/c1-26(16-19-8-4-5-9-21(19)28-14-6-3-7-15-28)17-29-23(30)27(2)22(25-29)18-10-12-20(24)13-11-18/h4-5,8-13H,3,6-7,14-17H2,1-2H3/p+1. The molecule has 1 aliphatic rings. The van der Waals surface area contributed by atoms with Crippen LogP contribution >= 0.6 is 12.2 Å². The third kappa shape index (κ3) is 4.47. The zero-order valence-electron chi connectivity index (χ0n) is 17.6. The lowest BCUT2D eigenvalue weighted by molar-refractivity contribution is -0.917. The van der Waals surface area contributed by atoms with Crippen molar-refractivity contribution < 1.29 is 9.29 Å². The Bertz CT molecular complexity index is 1050. The van der Waals surface area contributed by atoms with Crippen LogP contribution in [0, 0.1) is 10.6 Å². The Morgan fingerprint density at radius 3 is 2.47 bits per heavy atom. The van der Waals surface area contributed by atoms with Gasteiger partial charge in [0.2, 0.25) is 4.77 Å². The third-order valence-corrected chi connectivity index (χ3v) is 6.23. The second kappa shape index (κ2) is 9.10. The van der Waals surface area contributed by atoms with Crippen molar-refractivity contribution in [1.29, 1.82) is 0 Å². The van der Waals surface area contributed by atoms with Gasteiger partial charge in [-0.05, 0) is 61.8 Å². The van der Waals surface area contributed by atoms with E-state index in [0.717, 1.165) is 31.0 Å². The maximum atomic E-state index is 13.3. The van der Waals surface area contributed by atoms with Crippen molar-refractivity contribution in [2.75, 3.05) is 25.0 Å². The molecule has 1 N–H and O–H groups in total. The summed E-state index contributed by atoms with van der Waals surface area (Å²) in [5.74, 6) is 0.498. The molecule has 2 aromatic carbocycles. The van der Waals surface area contributed by atoms with Gasteiger partial charge in [-0.25, -0.2) is 4.39 Å². The van der Waals surface area contributed by atoms with Crippen LogP contribution in [-0.2, 0) is 20.3 Å². The summed E-state index contributed by atoms with van der Waals surface area (Å²) >= 11 is 5.62. The van der Waals surface area contributed by atoms with E-state index in [1.807, 2.05) is 16.3 Å². The van der Waals surface area contributed by atoms with Crippen molar-refractivity contribution in [2.24, 2.45) is 7.05 Å². The van der Waals surface area contributed by atoms with Gasteiger partial charge in [-0.2, -0.15) is 4.68 Å². The zero-order chi connectivity index (χ0) is 21.1. The first-order valence-electron chi connectivity index (χ1n) is 10.6. The molecule has 1 saturated heterocycles. The summed E-state index contributed by atoms with van der Waals surface area (Å²) in [6.45, 7) is 3.85. The van der Waals surface area contributed by atoms with Crippen molar-refractivity contribution in [3.63, 3.8) is 0 Å². The fourth-order valence-electron chi connectivity index (χ4n) is 4.18. The molecule has 7 heteroatoms. The van der Waals surface area contributed by atoms with Gasteiger partial charge in [-0.3, -0.25) is 0 Å². The average molecular weight is 427 g/mol. The van der Waals surface area contributed by atoms with E-state index in [2.05, 4.69) is 36.2 Å². The molecule has 3 aromatic rings. The molecule has 1 fully saturated rings. The number of hydrogen-bond acceptors (Lipinski definition) is 3. The topological polar surface area (TPSA) is 30.4 Å². The molecule has 1 atom stereocenters. The van der Waals surface area contributed by atoms with Gasteiger partial charge in [-0.15, -0.1) is 5.10 Å². The van der Waals surface area contributed by atoms with Gasteiger partial charge < -0.3 is 14.4 Å². The minimum Gasteiger partial charge on any atom is -0.371 e. The molecule has 30 heavy (non-hydrogen) atoms. The summed E-state index contributed by atoms with van der Waals surface area (Å²) in [7, 11) is 4.08. The van der Waals surface area contributed by atoms with Crippen LogP contribution in [0.1, 0.15) is 24.8 Å². The van der Waals surface area contributed by atoms with Crippen LogP contribution in [0.15, 0.2) is 48.5 Å². The maximum absolute atomic E-state index is 13.3. The highest BCUT2D eigenvalue weighted by molar-refractivity contribution is 7.71. The molecule has 0 spiro atoms. The van der Waals surface area contributed by atoms with E-state index >= 15 is 0 Å². The van der Waals surface area contributed by atoms with E-state index in [9.17, 15) is 4.39 Å². The molecule has 2 heterocycles. The van der Waals surface area contributed by atoms with Crippen LogP contribution in [0.4, 0.5) is 10.1 Å². The van der Waals surface area contributed by atoms with Gasteiger partial charge in [0.1, 0.15) is 12.4 Å². The van der Waals surface area contributed by atoms with Crippen molar-refractivity contribution >= 4 is 17.9 Å². The Hall–Kier alpha value is -2.51. The summed E-state index contributed by atoms with van der Waals surface area (Å²) in [4.78, 5) is 3.82. The van der Waals surface area contributed by atoms with Crippen molar-refractivity contribution in [3.05, 3.63) is 64.7 Å². The molecule has 5 nitrogen and oxygen atoms in total. The van der Waals surface area contributed by atoms with Crippen LogP contribution in [0.25, 0.3) is 11.4 Å². The third-order valence-electron chi connectivity index (χ3n) is 5.74. The van der Waals surface area contributed by atoms with Crippen LogP contribution in [0.2, 0.25) is 0 Å². The number of hydrogen-bond donors (Lipinski definition) is 1. The molecule has 0 amide bonds. The number of nitrogens with one attached hydrogen (secondary N) is 1. The first-order chi connectivity index (χ1) is 14.5. The van der Waals surface area contributed by atoms with E-state index in [1.54, 1.807) is 12.1 Å². The first-order valence-corrected chi connectivity index (χ1v) is 11.0. The lowest BCUT2D eigenvalue weighted by Crippen LogP contribution is -3.07. The number of nitrogens with zero attached hydrogens (tertiary/aromatic N) is 4. The summed E-state index contributed by atoms with van der Waals surface area (Å²) in [5, 5.41) is 4.72. The maximum Gasteiger partial charge on any atom is 0.202 e. The monoisotopic (exact) mass is 426 g/mol. The first kappa shape index (κ1) is 20.8. The van der Waals surface area contributed by atoms with Crippen molar-refractivity contribution in [1.82, 2.24) is 14.3 Å². The Morgan fingerprint density at radius 2 is 1.73 bits per heavy atom. The van der Waals surface area contributed by atoms with E-state index < -0.39 is 0 Å². The van der Waals surface area contributed by atoms with Gasteiger partial charge in [-0.1, -0.05) is 18.2 Å². The SMILES string of the molecule is Cn1c(-c2ccc(F)cc2)nn(C[NH+](C)Cc2ccccc2N2CCCCC2)c1=S. The van der Waals surface area contributed by atoms with Crippen LogP contribution < -0.4 is 9.80 Å². The quantitative estimate of drug-likeness (QED) is 0.613. The highest BCUT2D eigenvalue weighted by Gasteiger charge is 2.18. The molecule has 1 aliphatic heterocycles. The van der Waals surface area contributed by atoms with E-state index in [0.29, 0.717) is 11.4 Å². The van der Waals surface area contributed by atoms with E-state index in [1.165, 1.54) is 47.5 Å². The number of piperidine rings is 1. The molecule has 158 valence electrons. The predicted molar refractivity (Wildman–Crippen MR) is 121 cm³/mol. The molecular formula is C23H29FN5S+. The lowest BCUT2D eigenvalue weighted by atomic mass is 10.1. The summed E-state index contributed by atoms with van der Waals surface area (Å²) < 4.78 is 17.7. The number of anilines is 1. The molecular weight excluding hydrogens is 397 g/mol. The fraction of sp³-hybridized carbons (Fsp3) is 0.391. The lowest BCUT2D eigenvalue weighted by Gasteiger charge is -2.31. The summed E-state index contributed by atoms with van der Waals surface area (Å²) in [5.41, 5.74) is 3.57. The summed E-state index contributed by atoms with van der Waals surface area (Å²) in [6.07, 6.45) is 3.87. The fourth-order valence-corrected chi connectivity index (χ4v) is 4.37. The van der Waals surface area contributed by atoms with Crippen molar-refractivity contribution in [2.45, 2.75) is 32.5 Å². The largest absolute Gasteiger partial charge is 0.371 e. The number of rotatable bonds is 6. The highest BCUT2D eigenvalue weighted by Crippen LogP contribution is 2.23.